The quantitative estimate of drug-likeness (QED) is 0.462. The second-order valence-corrected chi connectivity index (χ2v) is 13.0. The number of hydrogen-bond donors (Lipinski definition) is 0. The third-order valence-electron chi connectivity index (χ3n) is 5.28. The number of fused-ring (bicyclic) bond motifs is 1. The zero-order valence-electron chi connectivity index (χ0n) is 17.3. The molecule has 1 aliphatic carbocycles. The average molecular weight is 442 g/mol. The fraction of sp³-hybridized carbons (Fsp3) is 0.391. The minimum atomic E-state index is -1.97. The maximum atomic E-state index is 6.23. The summed E-state index contributed by atoms with van der Waals surface area (Å²) in [7, 11) is 1.91. The van der Waals surface area contributed by atoms with Crippen LogP contribution in [-0.2, 0) is 21.6 Å². The van der Waals surface area contributed by atoms with Gasteiger partial charge in [-0.2, -0.15) is 0 Å². The van der Waals surface area contributed by atoms with Crippen LogP contribution in [0.15, 0.2) is 53.6 Å². The SMILES string of the molecule is C[O][Ti]([c]1c(C2=C(C)C(C)=CC2C)ccc2ccccc12)[C](C)(C)C.Cl.Cl. The Morgan fingerprint density at radius 3 is 2.11 bits per heavy atom. The van der Waals surface area contributed by atoms with E-state index >= 15 is 0 Å². The zero-order valence-corrected chi connectivity index (χ0v) is 20.5. The zero-order chi connectivity index (χ0) is 18.4. The van der Waals surface area contributed by atoms with Gasteiger partial charge in [-0.25, -0.2) is 0 Å². The van der Waals surface area contributed by atoms with Crippen molar-refractivity contribution >= 4 is 45.0 Å². The minimum absolute atomic E-state index is 0. The molecule has 1 aliphatic rings. The van der Waals surface area contributed by atoms with Gasteiger partial charge in [-0.15, -0.1) is 24.8 Å². The molecule has 4 heteroatoms. The van der Waals surface area contributed by atoms with E-state index in [2.05, 4.69) is 84.0 Å². The third-order valence-corrected chi connectivity index (χ3v) is 9.60. The van der Waals surface area contributed by atoms with Crippen LogP contribution >= 0.6 is 24.8 Å². The number of halogens is 2. The van der Waals surface area contributed by atoms with E-state index < -0.39 is 18.3 Å². The van der Waals surface area contributed by atoms with E-state index in [9.17, 15) is 0 Å². The predicted molar refractivity (Wildman–Crippen MR) is 120 cm³/mol. The number of rotatable bonds is 3. The molecule has 27 heavy (non-hydrogen) atoms. The van der Waals surface area contributed by atoms with Gasteiger partial charge in [0.2, 0.25) is 0 Å². The first-order valence-electron chi connectivity index (χ1n) is 9.09. The standard InChI is InChI=1S/C18H17.C4H9.CH3O.2ClH.Ti/c1-12-10-13(2)18(14(12)3)17-9-8-15-6-4-5-7-16(15)11-17;1-4(2)3;1-2;;;/h4-10,13H,1-3H3;1-3H3;1H3;2*1H;/q;;-1;;;+1. The molecule has 0 radical (unpaired) electrons. The molecule has 0 aliphatic heterocycles. The molecular weight excluding hydrogens is 411 g/mol. The van der Waals surface area contributed by atoms with Crippen LogP contribution in [0.1, 0.15) is 47.1 Å². The molecule has 1 nitrogen and oxygen atoms in total. The van der Waals surface area contributed by atoms with Crippen molar-refractivity contribution in [3.63, 3.8) is 0 Å². The van der Waals surface area contributed by atoms with Crippen LogP contribution in [-0.4, -0.2) is 7.11 Å². The summed E-state index contributed by atoms with van der Waals surface area (Å²) in [5.74, 6) is 0.469. The summed E-state index contributed by atoms with van der Waals surface area (Å²) in [5, 5.41) is 2.70. The first kappa shape index (κ1) is 24.5. The van der Waals surface area contributed by atoms with Crippen LogP contribution in [0.3, 0.4) is 0 Å². The van der Waals surface area contributed by atoms with Crippen LogP contribution in [0, 0.1) is 5.92 Å². The molecule has 2 aromatic carbocycles. The van der Waals surface area contributed by atoms with E-state index in [1.54, 1.807) is 0 Å². The van der Waals surface area contributed by atoms with Crippen molar-refractivity contribution in [1.29, 1.82) is 0 Å². The fourth-order valence-corrected chi connectivity index (χ4v) is 8.01. The normalized spacial score (nSPS) is 16.7. The van der Waals surface area contributed by atoms with Gasteiger partial charge in [0.1, 0.15) is 0 Å². The Balaban J connectivity index is 0.00000182. The third kappa shape index (κ3) is 4.55. The van der Waals surface area contributed by atoms with Crippen molar-refractivity contribution in [2.24, 2.45) is 5.92 Å². The molecule has 147 valence electrons. The Bertz CT molecular complexity index is 878. The summed E-state index contributed by atoms with van der Waals surface area (Å²) in [6.07, 6.45) is 2.40. The summed E-state index contributed by atoms with van der Waals surface area (Å²) < 4.78 is 7.92. The molecule has 0 saturated carbocycles. The Kier molecular flexibility index (Phi) is 8.42. The maximum absolute atomic E-state index is 6.23. The Labute approximate surface area is 183 Å². The van der Waals surface area contributed by atoms with Crippen LogP contribution in [0.2, 0.25) is 3.72 Å². The van der Waals surface area contributed by atoms with Crippen LogP contribution < -0.4 is 3.87 Å². The van der Waals surface area contributed by atoms with Gasteiger partial charge in [-0.05, 0) is 0 Å². The molecule has 3 rings (SSSR count). The van der Waals surface area contributed by atoms with Gasteiger partial charge in [0, 0.05) is 0 Å². The molecule has 0 amide bonds. The summed E-state index contributed by atoms with van der Waals surface area (Å²) in [4.78, 5) is 0. The van der Waals surface area contributed by atoms with E-state index in [0.717, 1.165) is 0 Å². The second kappa shape index (κ2) is 9.29. The van der Waals surface area contributed by atoms with Gasteiger partial charge in [0.25, 0.3) is 0 Å². The van der Waals surface area contributed by atoms with Crippen molar-refractivity contribution in [3.05, 3.63) is 59.2 Å². The molecule has 0 bridgehead atoms. The monoisotopic (exact) mass is 441 g/mol. The van der Waals surface area contributed by atoms with Gasteiger partial charge in [-0.3, -0.25) is 0 Å². The molecule has 0 fully saturated rings. The molecule has 1 unspecified atom stereocenters. The van der Waals surface area contributed by atoms with Crippen molar-refractivity contribution in [1.82, 2.24) is 0 Å². The maximum Gasteiger partial charge on any atom is -0.147 e. The molecule has 0 N–H and O–H groups in total. The summed E-state index contributed by atoms with van der Waals surface area (Å²) in [6, 6.07) is 13.4. The fourth-order valence-electron chi connectivity index (χ4n) is 4.11. The van der Waals surface area contributed by atoms with Gasteiger partial charge < -0.3 is 0 Å². The summed E-state index contributed by atoms with van der Waals surface area (Å²) in [5.41, 5.74) is 5.76. The van der Waals surface area contributed by atoms with E-state index in [-0.39, 0.29) is 28.5 Å². The molecule has 0 aromatic heterocycles. The molecule has 0 saturated heterocycles. The predicted octanol–water partition coefficient (Wildman–Crippen LogP) is 7.08. The van der Waals surface area contributed by atoms with Gasteiger partial charge >= 0.3 is 159 Å². The first-order chi connectivity index (χ1) is 11.8. The van der Waals surface area contributed by atoms with Crippen molar-refractivity contribution < 1.29 is 21.6 Å². The molecule has 0 spiro atoms. The Hall–Kier alpha value is -0.566. The van der Waals surface area contributed by atoms with Crippen molar-refractivity contribution in [2.75, 3.05) is 7.11 Å². The Morgan fingerprint density at radius 1 is 0.963 bits per heavy atom. The first-order valence-corrected chi connectivity index (χ1v) is 11.3. The molecule has 2 aromatic rings. The molecule has 1 atom stereocenters. The number of benzene rings is 2. The second-order valence-electron chi connectivity index (χ2n) is 8.17. The van der Waals surface area contributed by atoms with E-state index in [4.69, 9.17) is 3.32 Å². The van der Waals surface area contributed by atoms with Crippen molar-refractivity contribution in [3.8, 4) is 0 Å². The largest absolute Gasteiger partial charge is 0.147 e. The van der Waals surface area contributed by atoms with Crippen LogP contribution in [0.4, 0.5) is 0 Å². The minimum Gasteiger partial charge on any atom is -0.147 e. The van der Waals surface area contributed by atoms with E-state index in [1.165, 1.54) is 36.9 Å². The van der Waals surface area contributed by atoms with Gasteiger partial charge in [0.05, 0.1) is 0 Å². The smallest absolute Gasteiger partial charge is 0.147 e. The van der Waals surface area contributed by atoms with Gasteiger partial charge in [-0.1, -0.05) is 0 Å². The Morgan fingerprint density at radius 2 is 1.59 bits per heavy atom. The van der Waals surface area contributed by atoms with Crippen molar-refractivity contribution in [2.45, 2.75) is 45.3 Å². The summed E-state index contributed by atoms with van der Waals surface area (Å²) in [6.45, 7) is 13.8. The number of hydrogen-bond acceptors (Lipinski definition) is 1. The molecular formula is C23H31Cl2OTi. The number of allylic oxidation sites excluding steroid dienone is 4. The van der Waals surface area contributed by atoms with Crippen LogP contribution in [0.5, 0.6) is 0 Å². The summed E-state index contributed by atoms with van der Waals surface area (Å²) >= 11 is -1.97. The topological polar surface area (TPSA) is 9.23 Å². The van der Waals surface area contributed by atoms with Crippen LogP contribution in [0.25, 0.3) is 16.3 Å². The van der Waals surface area contributed by atoms with E-state index in [0.29, 0.717) is 5.92 Å². The molecule has 0 heterocycles. The average Bonchev–Trinajstić information content (AvgIpc) is 2.80. The van der Waals surface area contributed by atoms with Gasteiger partial charge in [0.15, 0.2) is 0 Å². The van der Waals surface area contributed by atoms with E-state index in [1.807, 2.05) is 7.11 Å².